The predicted octanol–water partition coefficient (Wildman–Crippen LogP) is 2.42. The van der Waals surface area contributed by atoms with Crippen LogP contribution in [0.15, 0.2) is 0 Å². The lowest BCUT2D eigenvalue weighted by Gasteiger charge is -2.06. The summed E-state index contributed by atoms with van der Waals surface area (Å²) in [7, 11) is 0. The van der Waals surface area contributed by atoms with Gasteiger partial charge in [-0.15, -0.1) is 0 Å². The standard InChI is InChI=1S/C11H21N/c1-8(2)12-7-11-9-5-3-4-6-10(9)11/h8-12H,3-7H2,1-2H3. The summed E-state index contributed by atoms with van der Waals surface area (Å²) in [5.41, 5.74) is 0. The van der Waals surface area contributed by atoms with E-state index in [1.165, 1.54) is 32.2 Å². The van der Waals surface area contributed by atoms with Crippen molar-refractivity contribution in [2.24, 2.45) is 17.8 Å². The minimum absolute atomic E-state index is 0.674. The summed E-state index contributed by atoms with van der Waals surface area (Å²) in [5.74, 6) is 3.28. The molecule has 2 saturated carbocycles. The van der Waals surface area contributed by atoms with Crippen LogP contribution in [-0.4, -0.2) is 12.6 Å². The number of rotatable bonds is 3. The van der Waals surface area contributed by atoms with Crippen molar-refractivity contribution in [2.75, 3.05) is 6.54 Å². The first-order valence-electron chi connectivity index (χ1n) is 5.52. The fourth-order valence-corrected chi connectivity index (χ4v) is 2.82. The number of fused-ring (bicyclic) bond motifs is 1. The zero-order chi connectivity index (χ0) is 8.55. The zero-order valence-electron chi connectivity index (χ0n) is 8.34. The average molecular weight is 167 g/mol. The van der Waals surface area contributed by atoms with Crippen LogP contribution in [-0.2, 0) is 0 Å². The molecule has 12 heavy (non-hydrogen) atoms. The molecular formula is C11H21N. The van der Waals surface area contributed by atoms with Crippen molar-refractivity contribution in [3.8, 4) is 0 Å². The lowest BCUT2D eigenvalue weighted by atomic mass is 10.0. The van der Waals surface area contributed by atoms with Crippen LogP contribution in [0.3, 0.4) is 0 Å². The Bertz CT molecular complexity index is 141. The maximum atomic E-state index is 3.56. The highest BCUT2D eigenvalue weighted by molar-refractivity contribution is 4.99. The van der Waals surface area contributed by atoms with E-state index in [-0.39, 0.29) is 0 Å². The second-order valence-electron chi connectivity index (χ2n) is 4.84. The lowest BCUT2D eigenvalue weighted by molar-refractivity contribution is 0.480. The lowest BCUT2D eigenvalue weighted by Crippen LogP contribution is -2.25. The molecule has 2 fully saturated rings. The molecule has 0 aromatic carbocycles. The van der Waals surface area contributed by atoms with Gasteiger partial charge in [0, 0.05) is 6.04 Å². The Morgan fingerprint density at radius 2 is 1.75 bits per heavy atom. The van der Waals surface area contributed by atoms with Crippen LogP contribution in [0.5, 0.6) is 0 Å². The molecule has 0 bridgehead atoms. The van der Waals surface area contributed by atoms with Gasteiger partial charge in [0.1, 0.15) is 0 Å². The summed E-state index contributed by atoms with van der Waals surface area (Å²) in [6.07, 6.45) is 6.04. The van der Waals surface area contributed by atoms with Gasteiger partial charge in [-0.2, -0.15) is 0 Å². The van der Waals surface area contributed by atoms with Gasteiger partial charge in [0.2, 0.25) is 0 Å². The van der Waals surface area contributed by atoms with Gasteiger partial charge in [-0.05, 0) is 37.1 Å². The Labute approximate surface area is 75.9 Å². The molecule has 2 aliphatic rings. The predicted molar refractivity (Wildman–Crippen MR) is 52.1 cm³/mol. The van der Waals surface area contributed by atoms with E-state index in [1.807, 2.05) is 0 Å². The summed E-state index contributed by atoms with van der Waals surface area (Å²) in [5, 5.41) is 3.56. The SMILES string of the molecule is CC(C)NCC1C2CCCCC21. The molecule has 70 valence electrons. The van der Waals surface area contributed by atoms with Gasteiger partial charge in [-0.3, -0.25) is 0 Å². The average Bonchev–Trinajstić information content (AvgIpc) is 2.74. The molecule has 1 N–H and O–H groups in total. The Morgan fingerprint density at radius 1 is 1.17 bits per heavy atom. The van der Waals surface area contributed by atoms with E-state index in [4.69, 9.17) is 0 Å². The van der Waals surface area contributed by atoms with Crippen LogP contribution >= 0.6 is 0 Å². The first-order chi connectivity index (χ1) is 5.79. The van der Waals surface area contributed by atoms with Gasteiger partial charge in [-0.1, -0.05) is 26.7 Å². The monoisotopic (exact) mass is 167 g/mol. The van der Waals surface area contributed by atoms with E-state index in [2.05, 4.69) is 19.2 Å². The van der Waals surface area contributed by atoms with E-state index >= 15 is 0 Å². The molecule has 0 aromatic rings. The molecule has 1 heteroatoms. The second-order valence-corrected chi connectivity index (χ2v) is 4.84. The Hall–Kier alpha value is -0.0400. The van der Waals surface area contributed by atoms with Gasteiger partial charge in [0.05, 0.1) is 0 Å². The summed E-state index contributed by atoms with van der Waals surface area (Å²) in [6, 6.07) is 0.674. The molecule has 0 aromatic heterocycles. The fraction of sp³-hybridized carbons (Fsp3) is 1.00. The van der Waals surface area contributed by atoms with Crippen molar-refractivity contribution in [2.45, 2.75) is 45.6 Å². The summed E-state index contributed by atoms with van der Waals surface area (Å²) < 4.78 is 0. The van der Waals surface area contributed by atoms with E-state index in [1.54, 1.807) is 0 Å². The quantitative estimate of drug-likeness (QED) is 0.680. The molecule has 0 aliphatic heterocycles. The largest absolute Gasteiger partial charge is 0.314 e. The summed E-state index contributed by atoms with van der Waals surface area (Å²) in [6.45, 7) is 5.77. The molecule has 0 spiro atoms. The van der Waals surface area contributed by atoms with Crippen LogP contribution in [0, 0.1) is 17.8 Å². The van der Waals surface area contributed by atoms with Gasteiger partial charge < -0.3 is 5.32 Å². The topological polar surface area (TPSA) is 12.0 Å². The molecule has 0 radical (unpaired) electrons. The third-order valence-corrected chi connectivity index (χ3v) is 3.60. The molecule has 0 amide bonds. The van der Waals surface area contributed by atoms with Crippen LogP contribution in [0.25, 0.3) is 0 Å². The van der Waals surface area contributed by atoms with Crippen molar-refractivity contribution in [1.82, 2.24) is 5.32 Å². The normalized spacial score (nSPS) is 39.8. The van der Waals surface area contributed by atoms with E-state index in [0.717, 1.165) is 17.8 Å². The maximum absolute atomic E-state index is 3.56. The number of nitrogens with one attached hydrogen (secondary N) is 1. The minimum Gasteiger partial charge on any atom is -0.314 e. The van der Waals surface area contributed by atoms with Crippen LogP contribution in [0.2, 0.25) is 0 Å². The minimum atomic E-state index is 0.674. The summed E-state index contributed by atoms with van der Waals surface area (Å²) >= 11 is 0. The number of hydrogen-bond donors (Lipinski definition) is 1. The van der Waals surface area contributed by atoms with Crippen molar-refractivity contribution >= 4 is 0 Å². The zero-order valence-corrected chi connectivity index (χ0v) is 8.34. The highest BCUT2D eigenvalue weighted by Gasteiger charge is 2.49. The van der Waals surface area contributed by atoms with Gasteiger partial charge >= 0.3 is 0 Å². The third-order valence-electron chi connectivity index (χ3n) is 3.60. The second kappa shape index (κ2) is 3.37. The first-order valence-corrected chi connectivity index (χ1v) is 5.52. The third kappa shape index (κ3) is 1.66. The van der Waals surface area contributed by atoms with Gasteiger partial charge in [0.15, 0.2) is 0 Å². The van der Waals surface area contributed by atoms with Gasteiger partial charge in [0.25, 0.3) is 0 Å². The van der Waals surface area contributed by atoms with Crippen LogP contribution in [0.4, 0.5) is 0 Å². The molecule has 2 atom stereocenters. The first kappa shape index (κ1) is 8.55. The Morgan fingerprint density at radius 3 is 2.25 bits per heavy atom. The molecule has 2 unspecified atom stereocenters. The van der Waals surface area contributed by atoms with Crippen molar-refractivity contribution in [1.29, 1.82) is 0 Å². The fourth-order valence-electron chi connectivity index (χ4n) is 2.82. The summed E-state index contributed by atoms with van der Waals surface area (Å²) in [4.78, 5) is 0. The van der Waals surface area contributed by atoms with Crippen molar-refractivity contribution < 1.29 is 0 Å². The highest BCUT2D eigenvalue weighted by atomic mass is 14.9. The molecule has 1 nitrogen and oxygen atoms in total. The smallest absolute Gasteiger partial charge is 0.00104 e. The molecule has 0 saturated heterocycles. The van der Waals surface area contributed by atoms with Gasteiger partial charge in [-0.25, -0.2) is 0 Å². The molecule has 0 heterocycles. The van der Waals surface area contributed by atoms with Crippen molar-refractivity contribution in [3.05, 3.63) is 0 Å². The van der Waals surface area contributed by atoms with E-state index < -0.39 is 0 Å². The van der Waals surface area contributed by atoms with Crippen LogP contribution < -0.4 is 5.32 Å². The van der Waals surface area contributed by atoms with Crippen LogP contribution in [0.1, 0.15) is 39.5 Å². The molecule has 2 aliphatic carbocycles. The molecule has 2 rings (SSSR count). The van der Waals surface area contributed by atoms with E-state index in [0.29, 0.717) is 6.04 Å². The highest BCUT2D eigenvalue weighted by Crippen LogP contribution is 2.54. The van der Waals surface area contributed by atoms with Crippen molar-refractivity contribution in [3.63, 3.8) is 0 Å². The Balaban J connectivity index is 1.70. The maximum Gasteiger partial charge on any atom is 0.00104 e. The molecular weight excluding hydrogens is 146 g/mol. The van der Waals surface area contributed by atoms with E-state index in [9.17, 15) is 0 Å². The number of hydrogen-bond acceptors (Lipinski definition) is 1. The Kier molecular flexibility index (Phi) is 2.40.